The van der Waals surface area contributed by atoms with Gasteiger partial charge in [-0.15, -0.1) is 0 Å². The van der Waals surface area contributed by atoms with E-state index < -0.39 is 6.09 Å². The van der Waals surface area contributed by atoms with E-state index in [1.165, 1.54) is 4.90 Å². The number of ether oxygens (including phenoxy) is 2. The van der Waals surface area contributed by atoms with Crippen LogP contribution in [0.4, 0.5) is 4.79 Å². The van der Waals surface area contributed by atoms with Crippen LogP contribution in [0.3, 0.4) is 0 Å². The second kappa shape index (κ2) is 8.82. The van der Waals surface area contributed by atoms with Gasteiger partial charge in [0.15, 0.2) is 0 Å². The van der Waals surface area contributed by atoms with E-state index in [9.17, 15) is 9.59 Å². The van der Waals surface area contributed by atoms with Crippen LogP contribution >= 0.6 is 0 Å². The molecule has 1 fully saturated rings. The number of amides is 2. The van der Waals surface area contributed by atoms with E-state index in [1.807, 2.05) is 78.9 Å². The molecule has 1 aliphatic heterocycles. The van der Waals surface area contributed by atoms with Crippen LogP contribution in [-0.4, -0.2) is 36.7 Å². The van der Waals surface area contributed by atoms with Crippen molar-refractivity contribution in [1.82, 2.24) is 4.90 Å². The van der Waals surface area contributed by atoms with Crippen molar-refractivity contribution in [3.63, 3.8) is 0 Å². The van der Waals surface area contributed by atoms with Crippen LogP contribution in [0, 0.1) is 0 Å². The summed E-state index contributed by atoms with van der Waals surface area (Å²) in [5.74, 6) is 0.421. The van der Waals surface area contributed by atoms with Gasteiger partial charge in [-0.05, 0) is 29.2 Å². The molecule has 152 valence electrons. The maximum absolute atomic E-state index is 13.0. The van der Waals surface area contributed by atoms with E-state index in [4.69, 9.17) is 9.47 Å². The molecule has 1 atom stereocenters. The first kappa shape index (κ1) is 19.7. The van der Waals surface area contributed by atoms with Gasteiger partial charge in [0.2, 0.25) is 5.91 Å². The van der Waals surface area contributed by atoms with Gasteiger partial charge >= 0.3 is 6.09 Å². The number of benzene rings is 3. The minimum Gasteiger partial charge on any atom is -0.496 e. The third-order valence-electron chi connectivity index (χ3n) is 5.25. The van der Waals surface area contributed by atoms with E-state index in [1.54, 1.807) is 7.11 Å². The maximum Gasteiger partial charge on any atom is 0.416 e. The molecule has 1 unspecified atom stereocenters. The number of imide groups is 1. The molecule has 0 spiro atoms. The molecular formula is C25H23NO4. The lowest BCUT2D eigenvalue weighted by Crippen LogP contribution is -2.41. The topological polar surface area (TPSA) is 55.8 Å². The van der Waals surface area contributed by atoms with Gasteiger partial charge in [0.1, 0.15) is 12.4 Å². The summed E-state index contributed by atoms with van der Waals surface area (Å²) in [6.45, 7) is 0.218. The Morgan fingerprint density at radius 2 is 1.70 bits per heavy atom. The number of carbonyl (C=O) groups is 2. The number of carbonyl (C=O) groups excluding carboxylic acids is 2. The van der Waals surface area contributed by atoms with Crippen LogP contribution < -0.4 is 4.74 Å². The van der Waals surface area contributed by atoms with Crippen molar-refractivity contribution in [3.05, 3.63) is 90.0 Å². The van der Waals surface area contributed by atoms with E-state index >= 15 is 0 Å². The van der Waals surface area contributed by atoms with Gasteiger partial charge in [0, 0.05) is 5.56 Å². The fourth-order valence-electron chi connectivity index (χ4n) is 3.76. The normalized spacial score (nSPS) is 15.7. The summed E-state index contributed by atoms with van der Waals surface area (Å²) in [5.41, 5.74) is 3.84. The smallest absolute Gasteiger partial charge is 0.416 e. The van der Waals surface area contributed by atoms with Gasteiger partial charge in [0.05, 0.1) is 19.6 Å². The van der Waals surface area contributed by atoms with Crippen molar-refractivity contribution < 1.29 is 19.1 Å². The lowest BCUT2D eigenvalue weighted by molar-refractivity contribution is -0.128. The van der Waals surface area contributed by atoms with Crippen molar-refractivity contribution in [2.75, 3.05) is 13.7 Å². The number of nitrogens with zero attached hydrogens (tertiary/aromatic N) is 1. The fourth-order valence-corrected chi connectivity index (χ4v) is 3.76. The SMILES string of the molecule is COc1cc(CC(=O)N2C(=O)OCC2Cc2ccccc2)ccc1-c1ccccc1. The summed E-state index contributed by atoms with van der Waals surface area (Å²) >= 11 is 0. The Morgan fingerprint density at radius 3 is 2.40 bits per heavy atom. The molecule has 1 saturated heterocycles. The molecule has 2 amide bonds. The van der Waals surface area contributed by atoms with Gasteiger partial charge in [-0.1, -0.05) is 72.8 Å². The lowest BCUT2D eigenvalue weighted by Gasteiger charge is -2.20. The first-order valence-corrected chi connectivity index (χ1v) is 9.91. The van der Waals surface area contributed by atoms with Crippen LogP contribution in [0.5, 0.6) is 5.75 Å². The molecule has 0 bridgehead atoms. The van der Waals surface area contributed by atoms with E-state index in [0.29, 0.717) is 12.2 Å². The summed E-state index contributed by atoms with van der Waals surface area (Å²) < 4.78 is 10.7. The van der Waals surface area contributed by atoms with Crippen molar-refractivity contribution in [3.8, 4) is 16.9 Å². The van der Waals surface area contributed by atoms with Crippen molar-refractivity contribution in [2.24, 2.45) is 0 Å². The van der Waals surface area contributed by atoms with Gasteiger partial charge < -0.3 is 9.47 Å². The summed E-state index contributed by atoms with van der Waals surface area (Å²) in [6.07, 6.45) is 0.106. The monoisotopic (exact) mass is 401 g/mol. The van der Waals surface area contributed by atoms with E-state index in [-0.39, 0.29) is 25.0 Å². The van der Waals surface area contributed by atoms with Crippen molar-refractivity contribution >= 4 is 12.0 Å². The molecule has 1 aliphatic rings. The molecule has 3 aromatic carbocycles. The molecule has 0 aliphatic carbocycles. The first-order valence-electron chi connectivity index (χ1n) is 9.91. The summed E-state index contributed by atoms with van der Waals surface area (Å²) in [7, 11) is 1.61. The van der Waals surface area contributed by atoms with Gasteiger partial charge in [-0.3, -0.25) is 4.79 Å². The van der Waals surface area contributed by atoms with Crippen molar-refractivity contribution in [2.45, 2.75) is 18.9 Å². The molecular weight excluding hydrogens is 378 g/mol. The average molecular weight is 401 g/mol. The molecule has 5 heteroatoms. The van der Waals surface area contributed by atoms with Crippen LogP contribution in [0.15, 0.2) is 78.9 Å². The number of cyclic esters (lactones) is 1. The van der Waals surface area contributed by atoms with Crippen molar-refractivity contribution in [1.29, 1.82) is 0 Å². The highest BCUT2D eigenvalue weighted by Gasteiger charge is 2.37. The second-order valence-electron chi connectivity index (χ2n) is 7.26. The molecule has 30 heavy (non-hydrogen) atoms. The number of hydrogen-bond acceptors (Lipinski definition) is 4. The molecule has 1 heterocycles. The molecule has 0 aromatic heterocycles. The van der Waals surface area contributed by atoms with E-state index in [0.717, 1.165) is 22.3 Å². The predicted molar refractivity (Wildman–Crippen MR) is 114 cm³/mol. The molecule has 3 aromatic rings. The Hall–Kier alpha value is -3.60. The van der Waals surface area contributed by atoms with Crippen LogP contribution in [0.2, 0.25) is 0 Å². The van der Waals surface area contributed by atoms with Crippen LogP contribution in [-0.2, 0) is 22.4 Å². The Kier molecular flexibility index (Phi) is 5.80. The zero-order valence-corrected chi connectivity index (χ0v) is 16.8. The zero-order chi connectivity index (χ0) is 20.9. The Balaban J connectivity index is 1.51. The average Bonchev–Trinajstić information content (AvgIpc) is 3.15. The third-order valence-corrected chi connectivity index (χ3v) is 5.25. The highest BCUT2D eigenvalue weighted by atomic mass is 16.6. The number of rotatable bonds is 6. The predicted octanol–water partition coefficient (Wildman–Crippen LogP) is 4.49. The summed E-state index contributed by atoms with van der Waals surface area (Å²) in [5, 5.41) is 0. The second-order valence-corrected chi connectivity index (χ2v) is 7.26. The molecule has 0 N–H and O–H groups in total. The van der Waals surface area contributed by atoms with E-state index in [2.05, 4.69) is 0 Å². The molecule has 0 radical (unpaired) electrons. The fraction of sp³-hybridized carbons (Fsp3) is 0.200. The Bertz CT molecular complexity index is 1030. The quantitative estimate of drug-likeness (QED) is 0.611. The van der Waals surface area contributed by atoms with Crippen LogP contribution in [0.1, 0.15) is 11.1 Å². The third kappa shape index (κ3) is 4.20. The molecule has 0 saturated carbocycles. The molecule has 5 nitrogen and oxygen atoms in total. The minimum absolute atomic E-state index is 0.103. The summed E-state index contributed by atoms with van der Waals surface area (Å²) in [4.78, 5) is 26.4. The van der Waals surface area contributed by atoms with Gasteiger partial charge in [-0.2, -0.15) is 0 Å². The minimum atomic E-state index is -0.575. The highest BCUT2D eigenvalue weighted by molar-refractivity contribution is 5.94. The number of hydrogen-bond donors (Lipinski definition) is 0. The molecule has 4 rings (SSSR count). The Labute approximate surface area is 175 Å². The zero-order valence-electron chi connectivity index (χ0n) is 16.8. The number of methoxy groups -OCH3 is 1. The lowest BCUT2D eigenvalue weighted by atomic mass is 10.0. The summed E-state index contributed by atoms with van der Waals surface area (Å²) in [6, 6.07) is 25.1. The Morgan fingerprint density at radius 1 is 1.00 bits per heavy atom. The maximum atomic E-state index is 13.0. The first-order chi connectivity index (χ1) is 14.7. The standard InChI is InChI=1S/C25H23NO4/c1-29-23-15-19(12-13-22(23)20-10-6-3-7-11-20)16-24(27)26-21(17-30-25(26)28)14-18-8-4-2-5-9-18/h2-13,15,21H,14,16-17H2,1H3. The van der Waals surface area contributed by atoms with Gasteiger partial charge in [-0.25, -0.2) is 9.69 Å². The van der Waals surface area contributed by atoms with Crippen LogP contribution in [0.25, 0.3) is 11.1 Å². The highest BCUT2D eigenvalue weighted by Crippen LogP contribution is 2.31. The van der Waals surface area contributed by atoms with Gasteiger partial charge in [0.25, 0.3) is 0 Å². The largest absolute Gasteiger partial charge is 0.496 e.